The highest BCUT2D eigenvalue weighted by atomic mass is 35.5. The number of aliphatic hydroxyl groups is 1. The number of halogens is 1. The number of hydrogen-bond donors (Lipinski definition) is 2. The van der Waals surface area contributed by atoms with Crippen molar-refractivity contribution in [1.29, 1.82) is 0 Å². The maximum atomic E-state index is 9.56. The van der Waals surface area contributed by atoms with Crippen molar-refractivity contribution in [2.24, 2.45) is 0 Å². The molecule has 0 unspecified atom stereocenters. The summed E-state index contributed by atoms with van der Waals surface area (Å²) in [4.78, 5) is 12.3. The van der Waals surface area contributed by atoms with Crippen molar-refractivity contribution >= 4 is 28.6 Å². The first-order valence-corrected chi connectivity index (χ1v) is 7.55. The summed E-state index contributed by atoms with van der Waals surface area (Å²) in [7, 11) is 0. The molecular formula is C13H16ClN5O4. The van der Waals surface area contributed by atoms with E-state index in [1.807, 2.05) is 13.8 Å². The number of rotatable bonds is 2. The topological polar surface area (TPSA) is 118 Å². The highest BCUT2D eigenvalue weighted by Crippen LogP contribution is 2.44. The van der Waals surface area contributed by atoms with Gasteiger partial charge in [0.1, 0.15) is 24.6 Å². The van der Waals surface area contributed by atoms with Crippen LogP contribution >= 0.6 is 11.6 Å². The molecule has 2 aromatic rings. The van der Waals surface area contributed by atoms with Gasteiger partial charge in [-0.25, -0.2) is 15.0 Å². The van der Waals surface area contributed by atoms with Gasteiger partial charge in [0, 0.05) is 0 Å². The molecule has 4 rings (SSSR count). The summed E-state index contributed by atoms with van der Waals surface area (Å²) in [5, 5.41) is 9.72. The Morgan fingerprint density at radius 3 is 2.83 bits per heavy atom. The molecule has 0 radical (unpaired) electrons. The zero-order chi connectivity index (χ0) is 16.4. The molecule has 0 bridgehead atoms. The van der Waals surface area contributed by atoms with Crippen LogP contribution in [0.25, 0.3) is 11.2 Å². The molecule has 0 aliphatic carbocycles. The molecule has 2 aliphatic rings. The summed E-state index contributed by atoms with van der Waals surface area (Å²) in [6.45, 7) is 3.42. The Morgan fingerprint density at radius 1 is 1.35 bits per heavy atom. The fourth-order valence-electron chi connectivity index (χ4n) is 3.14. The smallest absolute Gasteiger partial charge is 0.207 e. The summed E-state index contributed by atoms with van der Waals surface area (Å²) in [5.74, 6) is -0.547. The third-order valence-corrected chi connectivity index (χ3v) is 4.29. The van der Waals surface area contributed by atoms with Crippen LogP contribution in [0.1, 0.15) is 20.1 Å². The number of imidazole rings is 1. The summed E-state index contributed by atoms with van der Waals surface area (Å²) in [5.41, 5.74) is 6.65. The van der Waals surface area contributed by atoms with E-state index in [0.717, 1.165) is 0 Å². The first-order chi connectivity index (χ1) is 10.9. The molecule has 2 saturated heterocycles. The molecule has 2 fully saturated rings. The van der Waals surface area contributed by atoms with E-state index in [9.17, 15) is 5.11 Å². The van der Waals surface area contributed by atoms with Gasteiger partial charge in [-0.05, 0) is 25.4 Å². The molecule has 124 valence electrons. The van der Waals surface area contributed by atoms with Gasteiger partial charge in [-0.2, -0.15) is 0 Å². The molecule has 0 aromatic carbocycles. The molecule has 9 nitrogen and oxygen atoms in total. The zero-order valence-electron chi connectivity index (χ0n) is 12.5. The van der Waals surface area contributed by atoms with E-state index >= 15 is 0 Å². The van der Waals surface area contributed by atoms with Gasteiger partial charge in [0.2, 0.25) is 5.28 Å². The predicted molar refractivity (Wildman–Crippen MR) is 79.6 cm³/mol. The van der Waals surface area contributed by atoms with Crippen molar-refractivity contribution in [3.63, 3.8) is 0 Å². The zero-order valence-corrected chi connectivity index (χ0v) is 13.3. The number of aromatic nitrogens is 4. The van der Waals surface area contributed by atoms with Gasteiger partial charge in [0.25, 0.3) is 0 Å². The second-order valence-corrected chi connectivity index (χ2v) is 6.33. The first kappa shape index (κ1) is 15.0. The first-order valence-electron chi connectivity index (χ1n) is 7.17. The minimum absolute atomic E-state index is 0.155. The van der Waals surface area contributed by atoms with Crippen molar-refractivity contribution in [3.8, 4) is 0 Å². The minimum atomic E-state index is -0.776. The average Bonchev–Trinajstić information content (AvgIpc) is 3.08. The molecular weight excluding hydrogens is 326 g/mol. The molecule has 4 atom stereocenters. The van der Waals surface area contributed by atoms with Crippen molar-refractivity contribution < 1.29 is 19.3 Å². The number of aliphatic hydroxyl groups excluding tert-OH is 1. The monoisotopic (exact) mass is 341 g/mol. The van der Waals surface area contributed by atoms with Crippen LogP contribution in [0.15, 0.2) is 6.33 Å². The number of ether oxygens (including phenoxy) is 3. The minimum Gasteiger partial charge on any atom is -0.394 e. The van der Waals surface area contributed by atoms with Crippen LogP contribution in [0.3, 0.4) is 0 Å². The fourth-order valence-corrected chi connectivity index (χ4v) is 3.40. The summed E-state index contributed by atoms with van der Waals surface area (Å²) >= 11 is 6.26. The molecule has 0 amide bonds. The highest BCUT2D eigenvalue weighted by Gasteiger charge is 2.56. The van der Waals surface area contributed by atoms with Gasteiger partial charge in [-0.3, -0.25) is 4.57 Å². The van der Waals surface area contributed by atoms with E-state index in [2.05, 4.69) is 15.0 Å². The second kappa shape index (κ2) is 4.99. The van der Waals surface area contributed by atoms with Gasteiger partial charge < -0.3 is 25.1 Å². The quantitative estimate of drug-likeness (QED) is 0.757. The molecule has 0 spiro atoms. The van der Waals surface area contributed by atoms with Crippen LogP contribution in [-0.2, 0) is 14.2 Å². The molecule has 23 heavy (non-hydrogen) atoms. The van der Waals surface area contributed by atoms with Gasteiger partial charge in [0.05, 0.1) is 6.61 Å². The SMILES string of the molecule is CC1(C)O[C@@H]2[C@@H](O1)[C@@H](CO)O[C@H]2n1c(Cl)nc2c(N)ncnc21. The van der Waals surface area contributed by atoms with Crippen molar-refractivity contribution in [1.82, 2.24) is 19.5 Å². The molecule has 0 saturated carbocycles. The number of fused-ring (bicyclic) bond motifs is 2. The third-order valence-electron chi connectivity index (χ3n) is 4.02. The van der Waals surface area contributed by atoms with E-state index in [-0.39, 0.29) is 17.7 Å². The molecule has 4 heterocycles. The Labute approximate surface area is 136 Å². The Hall–Kier alpha value is -1.52. The summed E-state index contributed by atoms with van der Waals surface area (Å²) in [6.07, 6.45) is -0.691. The maximum absolute atomic E-state index is 9.56. The second-order valence-electron chi connectivity index (χ2n) is 5.99. The lowest BCUT2D eigenvalue weighted by atomic mass is 10.1. The number of anilines is 1. The van der Waals surface area contributed by atoms with Crippen LogP contribution in [0.2, 0.25) is 5.28 Å². The van der Waals surface area contributed by atoms with Crippen molar-refractivity contribution in [3.05, 3.63) is 11.6 Å². The third kappa shape index (κ3) is 2.19. The van der Waals surface area contributed by atoms with E-state index in [1.165, 1.54) is 6.33 Å². The van der Waals surface area contributed by atoms with Gasteiger partial charge in [0.15, 0.2) is 29.0 Å². The molecule has 2 aromatic heterocycles. The largest absolute Gasteiger partial charge is 0.394 e. The average molecular weight is 342 g/mol. The lowest BCUT2D eigenvalue weighted by molar-refractivity contribution is -0.199. The maximum Gasteiger partial charge on any atom is 0.207 e. The van der Waals surface area contributed by atoms with Gasteiger partial charge in [-0.1, -0.05) is 0 Å². The summed E-state index contributed by atoms with van der Waals surface area (Å²) < 4.78 is 19.2. The van der Waals surface area contributed by atoms with Crippen LogP contribution in [0, 0.1) is 0 Å². The predicted octanol–water partition coefficient (Wildman–Crippen LogP) is 0.472. The van der Waals surface area contributed by atoms with Crippen LogP contribution in [-0.4, -0.2) is 55.3 Å². The van der Waals surface area contributed by atoms with E-state index in [4.69, 9.17) is 31.5 Å². The van der Waals surface area contributed by atoms with Gasteiger partial charge >= 0.3 is 0 Å². The standard InChI is InChI=1S/C13H16ClN5O4/c1-13(2)22-7-5(3-20)21-11(8(7)23-13)19-10-6(18-12(19)14)9(15)16-4-17-10/h4-5,7-8,11,20H,3H2,1-2H3,(H2,15,16,17)/t5-,7+,8-,11-/m1/s1. The van der Waals surface area contributed by atoms with Crippen LogP contribution in [0.5, 0.6) is 0 Å². The van der Waals surface area contributed by atoms with E-state index < -0.39 is 30.3 Å². The molecule has 2 aliphatic heterocycles. The Kier molecular flexibility index (Phi) is 3.26. The summed E-state index contributed by atoms with van der Waals surface area (Å²) in [6, 6.07) is 0. The number of nitrogens with two attached hydrogens (primary N) is 1. The fraction of sp³-hybridized carbons (Fsp3) is 0.615. The van der Waals surface area contributed by atoms with Crippen molar-refractivity contribution in [2.45, 2.75) is 44.2 Å². The number of hydrogen-bond acceptors (Lipinski definition) is 8. The molecule has 10 heteroatoms. The lowest BCUT2D eigenvalue weighted by Crippen LogP contribution is -2.31. The Balaban J connectivity index is 1.82. The van der Waals surface area contributed by atoms with E-state index in [1.54, 1.807) is 4.57 Å². The lowest BCUT2D eigenvalue weighted by Gasteiger charge is -2.24. The van der Waals surface area contributed by atoms with Crippen LogP contribution in [0.4, 0.5) is 5.82 Å². The Bertz CT molecular complexity index is 766. The normalized spacial score (nSPS) is 32.5. The van der Waals surface area contributed by atoms with Crippen LogP contribution < -0.4 is 5.73 Å². The van der Waals surface area contributed by atoms with E-state index in [0.29, 0.717) is 11.2 Å². The number of nitrogens with zero attached hydrogens (tertiary/aromatic N) is 4. The van der Waals surface area contributed by atoms with Crippen molar-refractivity contribution in [2.75, 3.05) is 12.3 Å². The number of nitrogen functional groups attached to an aromatic ring is 1. The highest BCUT2D eigenvalue weighted by molar-refractivity contribution is 6.29. The molecule has 3 N–H and O–H groups in total. The Morgan fingerprint density at radius 2 is 2.09 bits per heavy atom. The van der Waals surface area contributed by atoms with Gasteiger partial charge in [-0.15, -0.1) is 0 Å².